The number of allylic oxidation sites excluding steroid dienone is 1. The lowest BCUT2D eigenvalue weighted by atomic mass is 10.00. The summed E-state index contributed by atoms with van der Waals surface area (Å²) in [6.45, 7) is 5.20. The van der Waals surface area contributed by atoms with E-state index in [0.717, 1.165) is 57.8 Å². The standard InChI is InChI=1S/C37H68O12S/c1-3-5-7-9-11-12-13-14-15-16-17-18-20-21-23-25-32(38)46-27-30(48-33(39)26-24-22-19-10-8-6-4-2)28-47-37-36(42)35(41)34(40)31(49-37)29-50(43,44)45/h3,30-31,34-37,40-42H,1,4-29H2,2H3,(H,43,44,45)/t30-,31-,34-,35?,36?,37+/m1/s1. The molecule has 294 valence electrons. The Morgan fingerprint density at radius 1 is 0.700 bits per heavy atom. The first-order valence-electron chi connectivity index (χ1n) is 19.2. The number of esters is 2. The van der Waals surface area contributed by atoms with Crippen molar-refractivity contribution >= 4 is 22.1 Å². The van der Waals surface area contributed by atoms with Crippen LogP contribution in [0, 0.1) is 0 Å². The van der Waals surface area contributed by atoms with E-state index in [0.29, 0.717) is 12.8 Å². The number of aliphatic hydroxyl groups excluding tert-OH is 3. The molecule has 0 bridgehead atoms. The van der Waals surface area contributed by atoms with Crippen molar-refractivity contribution in [2.75, 3.05) is 19.0 Å². The maximum absolute atomic E-state index is 12.6. The smallest absolute Gasteiger partial charge is 0.306 e. The van der Waals surface area contributed by atoms with Gasteiger partial charge < -0.3 is 34.3 Å². The SMILES string of the molecule is C=CCCCCCCCCCCCCCCCC(=O)OC[C@H](CO[C@H]1O[C@H](CS(=O)(=O)O)[C@@H](O)C(O)C1O)OC(=O)CCCCCCCCC. The molecule has 1 fully saturated rings. The van der Waals surface area contributed by atoms with E-state index < -0.39 is 71.2 Å². The van der Waals surface area contributed by atoms with Gasteiger partial charge in [0.1, 0.15) is 36.8 Å². The van der Waals surface area contributed by atoms with Gasteiger partial charge in [0.05, 0.1) is 6.61 Å². The molecule has 0 aliphatic carbocycles. The summed E-state index contributed by atoms with van der Waals surface area (Å²) in [6.07, 6.45) is 16.2. The molecule has 0 saturated carbocycles. The summed E-state index contributed by atoms with van der Waals surface area (Å²) in [6, 6.07) is 0. The molecule has 1 aliphatic rings. The van der Waals surface area contributed by atoms with Crippen LogP contribution >= 0.6 is 0 Å². The Morgan fingerprint density at radius 3 is 1.68 bits per heavy atom. The number of carbonyl (C=O) groups is 2. The van der Waals surface area contributed by atoms with Gasteiger partial charge in [-0.2, -0.15) is 8.42 Å². The van der Waals surface area contributed by atoms with Crippen LogP contribution in [0.1, 0.15) is 155 Å². The van der Waals surface area contributed by atoms with Gasteiger partial charge in [0.15, 0.2) is 12.4 Å². The minimum atomic E-state index is -4.59. The maximum Gasteiger partial charge on any atom is 0.306 e. The van der Waals surface area contributed by atoms with Gasteiger partial charge in [-0.05, 0) is 25.7 Å². The van der Waals surface area contributed by atoms with E-state index in [1.165, 1.54) is 64.2 Å². The lowest BCUT2D eigenvalue weighted by molar-refractivity contribution is -0.297. The summed E-state index contributed by atoms with van der Waals surface area (Å²) in [4.78, 5) is 25.1. The Labute approximate surface area is 301 Å². The fourth-order valence-electron chi connectivity index (χ4n) is 5.95. The van der Waals surface area contributed by atoms with Gasteiger partial charge in [0, 0.05) is 12.8 Å². The van der Waals surface area contributed by atoms with Crippen LogP contribution in [-0.4, -0.2) is 96.0 Å². The molecule has 12 nitrogen and oxygen atoms in total. The fourth-order valence-corrected chi connectivity index (χ4v) is 6.64. The minimum Gasteiger partial charge on any atom is -0.462 e. The largest absolute Gasteiger partial charge is 0.462 e. The molecule has 1 rings (SSSR count). The van der Waals surface area contributed by atoms with Crippen molar-refractivity contribution in [3.8, 4) is 0 Å². The van der Waals surface area contributed by atoms with Crippen molar-refractivity contribution in [2.24, 2.45) is 0 Å². The van der Waals surface area contributed by atoms with Crippen molar-refractivity contribution in [2.45, 2.75) is 191 Å². The summed E-state index contributed by atoms with van der Waals surface area (Å²) in [5.41, 5.74) is 0. The van der Waals surface area contributed by atoms with Gasteiger partial charge in [-0.3, -0.25) is 14.1 Å². The topological polar surface area (TPSA) is 186 Å². The first-order valence-corrected chi connectivity index (χ1v) is 20.8. The van der Waals surface area contributed by atoms with Gasteiger partial charge in [0.2, 0.25) is 0 Å². The van der Waals surface area contributed by atoms with Crippen LogP contribution in [0.25, 0.3) is 0 Å². The maximum atomic E-state index is 12.6. The number of aliphatic hydroxyl groups is 3. The van der Waals surface area contributed by atoms with Gasteiger partial charge >= 0.3 is 11.9 Å². The highest BCUT2D eigenvalue weighted by Crippen LogP contribution is 2.24. The Bertz CT molecular complexity index is 991. The van der Waals surface area contributed by atoms with Gasteiger partial charge in [0.25, 0.3) is 10.1 Å². The van der Waals surface area contributed by atoms with Gasteiger partial charge in [-0.15, -0.1) is 6.58 Å². The van der Waals surface area contributed by atoms with Crippen LogP contribution in [0.4, 0.5) is 0 Å². The Balaban J connectivity index is 2.45. The molecular formula is C37H68O12S. The molecule has 0 radical (unpaired) electrons. The average Bonchev–Trinajstić information content (AvgIpc) is 3.07. The monoisotopic (exact) mass is 736 g/mol. The van der Waals surface area contributed by atoms with Crippen LogP contribution in [0.5, 0.6) is 0 Å². The molecule has 0 spiro atoms. The third-order valence-electron chi connectivity index (χ3n) is 8.99. The Hall–Kier alpha value is -1.61. The molecule has 2 unspecified atom stereocenters. The molecule has 1 aliphatic heterocycles. The fraction of sp³-hybridized carbons (Fsp3) is 0.892. The van der Waals surface area contributed by atoms with Crippen molar-refractivity contribution in [3.05, 3.63) is 12.7 Å². The first-order chi connectivity index (χ1) is 24.0. The lowest BCUT2D eigenvalue weighted by Crippen LogP contribution is -2.60. The highest BCUT2D eigenvalue weighted by molar-refractivity contribution is 7.85. The third-order valence-corrected chi connectivity index (χ3v) is 9.74. The predicted octanol–water partition coefficient (Wildman–Crippen LogP) is 6.33. The highest BCUT2D eigenvalue weighted by Gasteiger charge is 2.46. The van der Waals surface area contributed by atoms with Crippen molar-refractivity contribution in [1.29, 1.82) is 0 Å². The summed E-state index contributed by atoms with van der Waals surface area (Å²) >= 11 is 0. The number of rotatable bonds is 32. The van der Waals surface area contributed by atoms with E-state index in [1.54, 1.807) is 0 Å². The van der Waals surface area contributed by atoms with Crippen LogP contribution in [0.2, 0.25) is 0 Å². The average molecular weight is 737 g/mol. The van der Waals surface area contributed by atoms with E-state index in [2.05, 4.69) is 13.5 Å². The molecular weight excluding hydrogens is 668 g/mol. The second kappa shape index (κ2) is 28.9. The van der Waals surface area contributed by atoms with Crippen molar-refractivity contribution in [3.63, 3.8) is 0 Å². The zero-order valence-electron chi connectivity index (χ0n) is 30.6. The highest BCUT2D eigenvalue weighted by atomic mass is 32.2. The number of ether oxygens (including phenoxy) is 4. The molecule has 13 heteroatoms. The Morgan fingerprint density at radius 2 is 1.18 bits per heavy atom. The quantitative estimate of drug-likeness (QED) is 0.0261. The van der Waals surface area contributed by atoms with E-state index in [1.807, 2.05) is 6.08 Å². The molecule has 0 amide bonds. The van der Waals surface area contributed by atoms with Crippen molar-refractivity contribution < 1.29 is 56.8 Å². The predicted molar refractivity (Wildman–Crippen MR) is 192 cm³/mol. The minimum absolute atomic E-state index is 0.165. The number of unbranched alkanes of at least 4 members (excludes halogenated alkanes) is 19. The first kappa shape index (κ1) is 46.4. The molecule has 6 atom stereocenters. The second-order valence-electron chi connectivity index (χ2n) is 13.7. The number of carbonyl (C=O) groups excluding carboxylic acids is 2. The zero-order chi connectivity index (χ0) is 37.0. The van der Waals surface area contributed by atoms with E-state index in [4.69, 9.17) is 18.9 Å². The van der Waals surface area contributed by atoms with Crippen LogP contribution in [0.3, 0.4) is 0 Å². The third kappa shape index (κ3) is 23.8. The second-order valence-corrected chi connectivity index (χ2v) is 15.2. The number of hydrogen-bond acceptors (Lipinski definition) is 11. The molecule has 0 aromatic heterocycles. The molecule has 50 heavy (non-hydrogen) atoms. The molecule has 0 aromatic carbocycles. The zero-order valence-corrected chi connectivity index (χ0v) is 31.4. The Kier molecular flexibility index (Phi) is 26.8. The summed E-state index contributed by atoms with van der Waals surface area (Å²) in [7, 11) is -4.59. The van der Waals surface area contributed by atoms with E-state index in [-0.39, 0.29) is 19.4 Å². The van der Waals surface area contributed by atoms with E-state index >= 15 is 0 Å². The van der Waals surface area contributed by atoms with E-state index in [9.17, 15) is 37.9 Å². The molecule has 4 N–H and O–H groups in total. The van der Waals surface area contributed by atoms with Crippen molar-refractivity contribution in [1.82, 2.24) is 0 Å². The lowest BCUT2D eigenvalue weighted by Gasteiger charge is -2.40. The normalized spacial score (nSPS) is 21.5. The van der Waals surface area contributed by atoms with Gasteiger partial charge in [-0.1, -0.05) is 122 Å². The van der Waals surface area contributed by atoms with Gasteiger partial charge in [-0.25, -0.2) is 0 Å². The van der Waals surface area contributed by atoms with Crippen LogP contribution in [0.15, 0.2) is 12.7 Å². The molecule has 1 saturated heterocycles. The molecule has 0 aromatic rings. The summed E-state index contributed by atoms with van der Waals surface area (Å²) in [5.74, 6) is -1.99. The van der Waals surface area contributed by atoms with Crippen LogP contribution < -0.4 is 0 Å². The molecule has 1 heterocycles. The van der Waals surface area contributed by atoms with Crippen LogP contribution in [-0.2, 0) is 38.7 Å². The number of hydrogen-bond donors (Lipinski definition) is 4. The summed E-state index contributed by atoms with van der Waals surface area (Å²) < 4.78 is 53.6. The summed E-state index contributed by atoms with van der Waals surface area (Å²) in [5, 5.41) is 30.7.